The zero-order chi connectivity index (χ0) is 10.8. The van der Waals surface area contributed by atoms with Crippen LogP contribution in [0.2, 0.25) is 0 Å². The van der Waals surface area contributed by atoms with Crippen molar-refractivity contribution in [1.82, 2.24) is 0 Å². The maximum Gasteiger partial charge on any atom is 0.166 e. The summed E-state index contributed by atoms with van der Waals surface area (Å²) < 4.78 is 0. The minimum atomic E-state index is 0.255. The number of hydrogen-bond acceptors (Lipinski definition) is 1. The summed E-state index contributed by atoms with van der Waals surface area (Å²) >= 11 is 0. The molecule has 15 heavy (non-hydrogen) atoms. The summed E-state index contributed by atoms with van der Waals surface area (Å²) in [4.78, 5) is 12.2. The van der Waals surface area contributed by atoms with Crippen molar-refractivity contribution in [1.29, 1.82) is 0 Å². The van der Waals surface area contributed by atoms with Gasteiger partial charge in [-0.15, -0.1) is 0 Å². The van der Waals surface area contributed by atoms with Gasteiger partial charge in [0.2, 0.25) is 0 Å². The molecule has 0 saturated heterocycles. The summed E-state index contributed by atoms with van der Waals surface area (Å²) in [5.41, 5.74) is 2.20. The van der Waals surface area contributed by atoms with Crippen molar-refractivity contribution in [2.45, 2.75) is 33.1 Å². The predicted molar refractivity (Wildman–Crippen MR) is 62.0 cm³/mol. The summed E-state index contributed by atoms with van der Waals surface area (Å²) in [6.07, 6.45) is 3.19. The molecule has 80 valence electrons. The summed E-state index contributed by atoms with van der Waals surface area (Å²) in [5, 5.41) is 0. The molecule has 1 aliphatic carbocycles. The number of rotatable bonds is 2. The molecule has 0 radical (unpaired) electrons. The number of benzene rings is 1. The van der Waals surface area contributed by atoms with Crippen molar-refractivity contribution in [2.75, 3.05) is 0 Å². The van der Waals surface area contributed by atoms with Crippen LogP contribution in [0.15, 0.2) is 24.3 Å². The van der Waals surface area contributed by atoms with Gasteiger partial charge in [-0.05, 0) is 24.3 Å². The van der Waals surface area contributed by atoms with Crippen LogP contribution in [0.25, 0.3) is 0 Å². The largest absolute Gasteiger partial charge is 0.294 e. The maximum atomic E-state index is 12.2. The lowest BCUT2D eigenvalue weighted by Gasteiger charge is -2.27. The van der Waals surface area contributed by atoms with Gasteiger partial charge in [-0.2, -0.15) is 0 Å². The SMILES string of the molecule is CCC(C)C1CCc2ccccc2C1=O. The predicted octanol–water partition coefficient (Wildman–Crippen LogP) is 3.48. The third kappa shape index (κ3) is 1.83. The van der Waals surface area contributed by atoms with Crippen LogP contribution in [0.1, 0.15) is 42.6 Å². The first-order valence-corrected chi connectivity index (χ1v) is 5.86. The van der Waals surface area contributed by atoms with Crippen LogP contribution in [0.5, 0.6) is 0 Å². The summed E-state index contributed by atoms with van der Waals surface area (Å²) in [6, 6.07) is 8.05. The first-order valence-electron chi connectivity index (χ1n) is 5.86. The molecule has 2 rings (SSSR count). The molecule has 0 heterocycles. The summed E-state index contributed by atoms with van der Waals surface area (Å²) in [5.74, 6) is 1.14. The number of carbonyl (C=O) groups is 1. The number of hydrogen-bond donors (Lipinski definition) is 0. The Labute approximate surface area is 91.5 Å². The van der Waals surface area contributed by atoms with Crippen LogP contribution in [0.3, 0.4) is 0 Å². The van der Waals surface area contributed by atoms with Crippen LogP contribution in [0, 0.1) is 11.8 Å². The number of Topliss-reactive ketones (excluding diaryl/α,β-unsaturated/α-hetero) is 1. The fourth-order valence-electron chi connectivity index (χ4n) is 2.45. The molecule has 1 aromatic carbocycles. The van der Waals surface area contributed by atoms with Gasteiger partial charge in [0.25, 0.3) is 0 Å². The normalized spacial score (nSPS) is 22.3. The standard InChI is InChI=1S/C14H18O/c1-3-10(2)12-9-8-11-6-4-5-7-13(11)14(12)15/h4-7,10,12H,3,8-9H2,1-2H3. The second kappa shape index (κ2) is 4.18. The van der Waals surface area contributed by atoms with Crippen molar-refractivity contribution in [3.63, 3.8) is 0 Å². The van der Waals surface area contributed by atoms with Crippen molar-refractivity contribution in [2.24, 2.45) is 11.8 Å². The topological polar surface area (TPSA) is 17.1 Å². The smallest absolute Gasteiger partial charge is 0.166 e. The summed E-state index contributed by atoms with van der Waals surface area (Å²) in [6.45, 7) is 4.36. The highest BCUT2D eigenvalue weighted by Gasteiger charge is 2.29. The average molecular weight is 202 g/mol. The molecule has 2 atom stereocenters. The Bertz CT molecular complexity index is 367. The molecular formula is C14H18O. The van der Waals surface area contributed by atoms with Crippen molar-refractivity contribution >= 4 is 5.78 Å². The van der Waals surface area contributed by atoms with E-state index < -0.39 is 0 Å². The van der Waals surface area contributed by atoms with E-state index in [1.807, 2.05) is 18.2 Å². The van der Waals surface area contributed by atoms with Gasteiger partial charge in [0.05, 0.1) is 0 Å². The molecule has 0 aromatic heterocycles. The van der Waals surface area contributed by atoms with Crippen molar-refractivity contribution in [3.8, 4) is 0 Å². The van der Waals surface area contributed by atoms with E-state index in [0.717, 1.165) is 24.8 Å². The molecule has 0 spiro atoms. The third-order valence-electron chi connectivity index (χ3n) is 3.68. The van der Waals surface area contributed by atoms with E-state index in [-0.39, 0.29) is 5.92 Å². The number of carbonyl (C=O) groups excluding carboxylic acids is 1. The van der Waals surface area contributed by atoms with Gasteiger partial charge >= 0.3 is 0 Å². The van der Waals surface area contributed by atoms with Crippen LogP contribution < -0.4 is 0 Å². The van der Waals surface area contributed by atoms with Crippen LogP contribution in [-0.2, 0) is 6.42 Å². The van der Waals surface area contributed by atoms with E-state index in [2.05, 4.69) is 19.9 Å². The molecule has 0 amide bonds. The highest BCUT2D eigenvalue weighted by atomic mass is 16.1. The second-order valence-electron chi connectivity index (χ2n) is 4.55. The van der Waals surface area contributed by atoms with E-state index in [4.69, 9.17) is 0 Å². The Morgan fingerprint density at radius 2 is 2.13 bits per heavy atom. The van der Waals surface area contributed by atoms with Gasteiger partial charge in [-0.3, -0.25) is 4.79 Å². The quantitative estimate of drug-likeness (QED) is 0.717. The minimum Gasteiger partial charge on any atom is -0.294 e. The molecule has 1 aliphatic rings. The van der Waals surface area contributed by atoms with Crippen LogP contribution in [0.4, 0.5) is 0 Å². The molecule has 0 aliphatic heterocycles. The molecular weight excluding hydrogens is 184 g/mol. The van der Waals surface area contributed by atoms with Gasteiger partial charge in [0, 0.05) is 11.5 Å². The number of aryl methyl sites for hydroxylation is 1. The lowest BCUT2D eigenvalue weighted by molar-refractivity contribution is 0.0854. The Kier molecular flexibility index (Phi) is 2.90. The monoisotopic (exact) mass is 202 g/mol. The van der Waals surface area contributed by atoms with Gasteiger partial charge < -0.3 is 0 Å². The Morgan fingerprint density at radius 1 is 1.40 bits per heavy atom. The average Bonchev–Trinajstić information content (AvgIpc) is 2.29. The second-order valence-corrected chi connectivity index (χ2v) is 4.55. The maximum absolute atomic E-state index is 12.2. The molecule has 1 heteroatoms. The molecule has 2 unspecified atom stereocenters. The van der Waals surface area contributed by atoms with Crippen LogP contribution >= 0.6 is 0 Å². The van der Waals surface area contributed by atoms with E-state index in [1.165, 1.54) is 5.56 Å². The molecule has 0 fully saturated rings. The molecule has 0 N–H and O–H groups in total. The molecule has 0 bridgehead atoms. The van der Waals surface area contributed by atoms with Gasteiger partial charge in [0.1, 0.15) is 0 Å². The lowest BCUT2D eigenvalue weighted by atomic mass is 9.76. The fraction of sp³-hybridized carbons (Fsp3) is 0.500. The molecule has 0 saturated carbocycles. The first-order chi connectivity index (χ1) is 7.24. The zero-order valence-corrected chi connectivity index (χ0v) is 9.49. The summed E-state index contributed by atoms with van der Waals surface area (Å²) in [7, 11) is 0. The minimum absolute atomic E-state index is 0.255. The fourth-order valence-corrected chi connectivity index (χ4v) is 2.45. The Balaban J connectivity index is 2.30. The van der Waals surface area contributed by atoms with E-state index in [0.29, 0.717) is 11.7 Å². The van der Waals surface area contributed by atoms with E-state index in [1.54, 1.807) is 0 Å². The molecule has 1 nitrogen and oxygen atoms in total. The first kappa shape index (κ1) is 10.4. The Hall–Kier alpha value is -1.11. The lowest BCUT2D eigenvalue weighted by Crippen LogP contribution is -2.27. The van der Waals surface area contributed by atoms with E-state index >= 15 is 0 Å². The number of fused-ring (bicyclic) bond motifs is 1. The zero-order valence-electron chi connectivity index (χ0n) is 9.49. The Morgan fingerprint density at radius 3 is 2.87 bits per heavy atom. The molecule has 1 aromatic rings. The number of ketones is 1. The van der Waals surface area contributed by atoms with Crippen molar-refractivity contribution < 1.29 is 4.79 Å². The third-order valence-corrected chi connectivity index (χ3v) is 3.68. The van der Waals surface area contributed by atoms with Gasteiger partial charge in [-0.25, -0.2) is 0 Å². The van der Waals surface area contributed by atoms with Gasteiger partial charge in [-0.1, -0.05) is 44.5 Å². The van der Waals surface area contributed by atoms with Gasteiger partial charge in [0.15, 0.2) is 5.78 Å². The highest BCUT2D eigenvalue weighted by Crippen LogP contribution is 2.31. The highest BCUT2D eigenvalue weighted by molar-refractivity contribution is 6.00. The van der Waals surface area contributed by atoms with Crippen molar-refractivity contribution in [3.05, 3.63) is 35.4 Å². The van der Waals surface area contributed by atoms with E-state index in [9.17, 15) is 4.79 Å². The van der Waals surface area contributed by atoms with Crippen LogP contribution in [-0.4, -0.2) is 5.78 Å².